The molecule has 1 atom stereocenters. The Morgan fingerprint density at radius 3 is 2.70 bits per heavy atom. The number of aliphatic hydroxyl groups is 1. The molecule has 0 aliphatic carbocycles. The highest BCUT2D eigenvalue weighted by atomic mass is 32.2. The SMILES string of the molecule is CCNC(=NCC(C)(O)CN1CCOCC1)NCCCCSC. The second-order valence-electron chi connectivity index (χ2n) is 6.21. The average molecular weight is 347 g/mol. The van der Waals surface area contributed by atoms with Crippen LogP contribution in [0.3, 0.4) is 0 Å². The topological polar surface area (TPSA) is 69.1 Å². The molecule has 1 heterocycles. The molecule has 0 radical (unpaired) electrons. The van der Waals surface area contributed by atoms with Gasteiger partial charge in [-0.2, -0.15) is 11.8 Å². The molecule has 1 fully saturated rings. The van der Waals surface area contributed by atoms with Gasteiger partial charge in [0.2, 0.25) is 0 Å². The summed E-state index contributed by atoms with van der Waals surface area (Å²) < 4.78 is 5.34. The highest BCUT2D eigenvalue weighted by Crippen LogP contribution is 2.09. The van der Waals surface area contributed by atoms with E-state index < -0.39 is 5.60 Å². The molecule has 136 valence electrons. The largest absolute Gasteiger partial charge is 0.387 e. The number of rotatable bonds is 10. The maximum atomic E-state index is 10.6. The second kappa shape index (κ2) is 11.9. The van der Waals surface area contributed by atoms with Crippen LogP contribution in [-0.4, -0.2) is 86.1 Å². The molecule has 23 heavy (non-hydrogen) atoms. The van der Waals surface area contributed by atoms with Crippen LogP contribution in [0.25, 0.3) is 0 Å². The lowest BCUT2D eigenvalue weighted by molar-refractivity contribution is -0.0179. The zero-order valence-corrected chi connectivity index (χ0v) is 15.8. The van der Waals surface area contributed by atoms with Crippen LogP contribution in [0, 0.1) is 0 Å². The summed E-state index contributed by atoms with van der Waals surface area (Å²) in [7, 11) is 0. The first-order valence-corrected chi connectivity index (χ1v) is 10.0. The first kappa shape index (κ1) is 20.5. The predicted molar refractivity (Wildman–Crippen MR) is 99.5 cm³/mol. The van der Waals surface area contributed by atoms with Crippen molar-refractivity contribution in [1.29, 1.82) is 0 Å². The Morgan fingerprint density at radius 1 is 1.30 bits per heavy atom. The van der Waals surface area contributed by atoms with Crippen molar-refractivity contribution in [3.05, 3.63) is 0 Å². The standard InChI is InChI=1S/C16H34N4O2S/c1-4-17-15(18-7-5-6-12-23-3)19-13-16(2,21)14-20-8-10-22-11-9-20/h21H,4-14H2,1-3H3,(H2,17,18,19). The number of nitrogens with zero attached hydrogens (tertiary/aromatic N) is 2. The van der Waals surface area contributed by atoms with Gasteiger partial charge in [-0.3, -0.25) is 9.89 Å². The van der Waals surface area contributed by atoms with E-state index in [1.165, 1.54) is 12.2 Å². The van der Waals surface area contributed by atoms with Crippen molar-refractivity contribution in [3.8, 4) is 0 Å². The fourth-order valence-corrected chi connectivity index (χ4v) is 2.95. The van der Waals surface area contributed by atoms with Crippen LogP contribution in [0.5, 0.6) is 0 Å². The minimum absolute atomic E-state index is 0.393. The van der Waals surface area contributed by atoms with Gasteiger partial charge >= 0.3 is 0 Å². The van der Waals surface area contributed by atoms with E-state index in [4.69, 9.17) is 4.74 Å². The summed E-state index contributed by atoms with van der Waals surface area (Å²) in [4.78, 5) is 6.79. The minimum atomic E-state index is -0.821. The van der Waals surface area contributed by atoms with Gasteiger partial charge in [-0.05, 0) is 38.7 Å². The average Bonchev–Trinajstić information content (AvgIpc) is 2.53. The van der Waals surface area contributed by atoms with Crippen molar-refractivity contribution < 1.29 is 9.84 Å². The van der Waals surface area contributed by atoms with E-state index in [0.717, 1.165) is 51.8 Å². The van der Waals surface area contributed by atoms with Gasteiger partial charge in [0.25, 0.3) is 0 Å². The molecular formula is C16H34N4O2S. The van der Waals surface area contributed by atoms with Crippen LogP contribution in [-0.2, 0) is 4.74 Å². The third-order valence-corrected chi connectivity index (χ3v) is 4.35. The Hall–Kier alpha value is -0.500. The smallest absolute Gasteiger partial charge is 0.191 e. The van der Waals surface area contributed by atoms with E-state index >= 15 is 0 Å². The number of thioether (sulfide) groups is 1. The fraction of sp³-hybridized carbons (Fsp3) is 0.938. The van der Waals surface area contributed by atoms with Gasteiger partial charge in [0, 0.05) is 32.7 Å². The van der Waals surface area contributed by atoms with Gasteiger partial charge in [-0.15, -0.1) is 0 Å². The number of hydrogen-bond acceptors (Lipinski definition) is 5. The minimum Gasteiger partial charge on any atom is -0.387 e. The highest BCUT2D eigenvalue weighted by Gasteiger charge is 2.25. The zero-order chi connectivity index (χ0) is 17.0. The van der Waals surface area contributed by atoms with E-state index in [9.17, 15) is 5.11 Å². The Labute approximate surface area is 145 Å². The molecule has 3 N–H and O–H groups in total. The molecule has 0 spiro atoms. The fourth-order valence-electron chi connectivity index (χ4n) is 2.46. The molecule has 0 aromatic heterocycles. The lowest BCUT2D eigenvalue weighted by atomic mass is 10.1. The van der Waals surface area contributed by atoms with Crippen molar-refractivity contribution in [1.82, 2.24) is 15.5 Å². The van der Waals surface area contributed by atoms with Gasteiger partial charge in [-0.25, -0.2) is 0 Å². The molecule has 1 unspecified atom stereocenters. The van der Waals surface area contributed by atoms with Crippen LogP contribution in [0.2, 0.25) is 0 Å². The van der Waals surface area contributed by atoms with Crippen LogP contribution in [0.1, 0.15) is 26.7 Å². The first-order chi connectivity index (χ1) is 11.1. The summed E-state index contributed by atoms with van der Waals surface area (Å²) in [6, 6.07) is 0. The molecular weight excluding hydrogens is 312 g/mol. The van der Waals surface area contributed by atoms with Crippen LogP contribution in [0.15, 0.2) is 4.99 Å². The molecule has 0 bridgehead atoms. The van der Waals surface area contributed by atoms with Gasteiger partial charge in [0.15, 0.2) is 5.96 Å². The van der Waals surface area contributed by atoms with Gasteiger partial charge in [-0.1, -0.05) is 0 Å². The molecule has 0 amide bonds. The number of aliphatic imine (C=N–C) groups is 1. The van der Waals surface area contributed by atoms with Crippen molar-refractivity contribution in [3.63, 3.8) is 0 Å². The lowest BCUT2D eigenvalue weighted by Crippen LogP contribution is -2.48. The Bertz CT molecular complexity index is 334. The summed E-state index contributed by atoms with van der Waals surface area (Å²) in [5.74, 6) is 1.99. The molecule has 0 aromatic rings. The first-order valence-electron chi connectivity index (χ1n) is 8.61. The van der Waals surface area contributed by atoms with Crippen molar-refractivity contribution >= 4 is 17.7 Å². The highest BCUT2D eigenvalue weighted by molar-refractivity contribution is 7.98. The number of unbranched alkanes of at least 4 members (excludes halogenated alkanes) is 1. The predicted octanol–water partition coefficient (Wildman–Crippen LogP) is 0.768. The molecule has 0 saturated carbocycles. The van der Waals surface area contributed by atoms with Crippen molar-refractivity contribution in [2.75, 3.05) is 64.5 Å². The van der Waals surface area contributed by atoms with E-state index in [1.54, 1.807) is 0 Å². The third-order valence-electron chi connectivity index (χ3n) is 3.66. The maximum Gasteiger partial charge on any atom is 0.191 e. The van der Waals surface area contributed by atoms with Gasteiger partial charge in [0.1, 0.15) is 0 Å². The number of morpholine rings is 1. The van der Waals surface area contributed by atoms with E-state index in [1.807, 2.05) is 18.7 Å². The Kier molecular flexibility index (Phi) is 10.7. The normalized spacial score (nSPS) is 19.4. The summed E-state index contributed by atoms with van der Waals surface area (Å²) >= 11 is 1.88. The number of β-amino-alcohol motifs (C(OH)–C–C–N with tert-alkyl or cyclic N) is 1. The summed E-state index contributed by atoms with van der Waals surface area (Å²) in [6.45, 7) is 9.93. The Morgan fingerprint density at radius 2 is 2.04 bits per heavy atom. The summed E-state index contributed by atoms with van der Waals surface area (Å²) in [6.07, 6.45) is 4.48. The van der Waals surface area contributed by atoms with Crippen molar-refractivity contribution in [2.45, 2.75) is 32.3 Å². The lowest BCUT2D eigenvalue weighted by Gasteiger charge is -2.33. The van der Waals surface area contributed by atoms with Crippen LogP contribution >= 0.6 is 11.8 Å². The number of guanidine groups is 1. The second-order valence-corrected chi connectivity index (χ2v) is 7.19. The monoisotopic (exact) mass is 346 g/mol. The summed E-state index contributed by atoms with van der Waals surface area (Å²) in [5, 5.41) is 17.2. The third kappa shape index (κ3) is 10.1. The van der Waals surface area contributed by atoms with Gasteiger partial charge < -0.3 is 20.5 Å². The molecule has 6 nitrogen and oxygen atoms in total. The molecule has 1 rings (SSSR count). The van der Waals surface area contributed by atoms with Gasteiger partial charge in [0.05, 0.1) is 25.4 Å². The quantitative estimate of drug-likeness (QED) is 0.308. The van der Waals surface area contributed by atoms with Crippen LogP contribution < -0.4 is 10.6 Å². The molecule has 7 heteroatoms. The number of hydrogen-bond donors (Lipinski definition) is 3. The summed E-state index contributed by atoms with van der Waals surface area (Å²) in [5.41, 5.74) is -0.821. The maximum absolute atomic E-state index is 10.6. The molecule has 1 aliphatic heterocycles. The number of ether oxygens (including phenoxy) is 1. The molecule has 1 aliphatic rings. The molecule has 0 aromatic carbocycles. The van der Waals surface area contributed by atoms with E-state index in [0.29, 0.717) is 13.1 Å². The van der Waals surface area contributed by atoms with Crippen molar-refractivity contribution in [2.24, 2.45) is 4.99 Å². The Balaban J connectivity index is 2.37. The van der Waals surface area contributed by atoms with E-state index in [-0.39, 0.29) is 0 Å². The zero-order valence-electron chi connectivity index (χ0n) is 14.9. The molecule has 1 saturated heterocycles. The number of nitrogens with one attached hydrogen (secondary N) is 2. The van der Waals surface area contributed by atoms with E-state index in [2.05, 4.69) is 33.7 Å². The van der Waals surface area contributed by atoms with Crippen LogP contribution in [0.4, 0.5) is 0 Å².